The topological polar surface area (TPSA) is 29.1 Å². The predicted molar refractivity (Wildman–Crippen MR) is 91.6 cm³/mol. The lowest BCUT2D eigenvalue weighted by Gasteiger charge is -2.22. The number of fused-ring (bicyclic) bond motifs is 2. The largest absolute Gasteiger partial charge is 0.350 e. The number of benzene rings is 1. The quantitative estimate of drug-likeness (QED) is 0.828. The molecule has 0 unspecified atom stereocenters. The molecule has 118 valence electrons. The van der Waals surface area contributed by atoms with Crippen LogP contribution in [0.3, 0.4) is 0 Å². The van der Waals surface area contributed by atoms with Crippen LogP contribution in [0.15, 0.2) is 30.3 Å². The Hall–Kier alpha value is -1.57. The molecule has 0 aromatic heterocycles. The van der Waals surface area contributed by atoms with Gasteiger partial charge in [0.1, 0.15) is 0 Å². The monoisotopic (exact) mass is 297 g/mol. The van der Waals surface area contributed by atoms with E-state index in [-0.39, 0.29) is 11.3 Å². The van der Waals surface area contributed by atoms with Crippen molar-refractivity contribution in [2.45, 2.75) is 57.9 Å². The van der Waals surface area contributed by atoms with Crippen LogP contribution in [0.25, 0.3) is 6.08 Å². The molecule has 3 atom stereocenters. The lowest BCUT2D eigenvalue weighted by molar-refractivity contribution is -0.117. The zero-order valence-electron chi connectivity index (χ0n) is 13.9. The molecular formula is C20H27NO. The lowest BCUT2D eigenvalue weighted by Crippen LogP contribution is -2.37. The van der Waals surface area contributed by atoms with E-state index in [2.05, 4.69) is 50.4 Å². The van der Waals surface area contributed by atoms with Crippen LogP contribution in [0.4, 0.5) is 0 Å². The molecule has 3 rings (SSSR count). The highest BCUT2D eigenvalue weighted by molar-refractivity contribution is 5.91. The first-order chi connectivity index (χ1) is 10.4. The summed E-state index contributed by atoms with van der Waals surface area (Å²) in [7, 11) is 0. The van der Waals surface area contributed by atoms with Gasteiger partial charge in [0.15, 0.2) is 0 Å². The van der Waals surface area contributed by atoms with Gasteiger partial charge in [-0.25, -0.2) is 0 Å². The SMILES string of the molecule is CC(C)(C)c1ccc(/C=C/C(=O)N[C@@H]2C[C@H]3CC[C@H]2C3)cc1. The summed E-state index contributed by atoms with van der Waals surface area (Å²) in [5.74, 6) is 1.65. The molecule has 22 heavy (non-hydrogen) atoms. The normalized spacial score (nSPS) is 27.5. The molecule has 1 aromatic rings. The van der Waals surface area contributed by atoms with Crippen LogP contribution < -0.4 is 5.32 Å². The lowest BCUT2D eigenvalue weighted by atomic mass is 9.87. The Morgan fingerprint density at radius 2 is 1.86 bits per heavy atom. The van der Waals surface area contributed by atoms with E-state index in [1.807, 2.05) is 6.08 Å². The van der Waals surface area contributed by atoms with Gasteiger partial charge in [0.2, 0.25) is 5.91 Å². The van der Waals surface area contributed by atoms with Crippen LogP contribution in [0, 0.1) is 11.8 Å². The molecule has 2 nitrogen and oxygen atoms in total. The molecule has 2 bridgehead atoms. The van der Waals surface area contributed by atoms with Crippen LogP contribution >= 0.6 is 0 Å². The van der Waals surface area contributed by atoms with Gasteiger partial charge in [-0.3, -0.25) is 4.79 Å². The van der Waals surface area contributed by atoms with E-state index in [0.717, 1.165) is 17.4 Å². The molecule has 0 aliphatic heterocycles. The highest BCUT2D eigenvalue weighted by atomic mass is 16.1. The average molecular weight is 297 g/mol. The van der Waals surface area contributed by atoms with Gasteiger partial charge in [-0.2, -0.15) is 0 Å². The number of rotatable bonds is 3. The second-order valence-electron chi connectivity index (χ2n) is 8.00. The van der Waals surface area contributed by atoms with Gasteiger partial charge in [-0.05, 0) is 53.7 Å². The maximum absolute atomic E-state index is 12.1. The van der Waals surface area contributed by atoms with Crippen molar-refractivity contribution in [2.24, 2.45) is 11.8 Å². The van der Waals surface area contributed by atoms with Crippen molar-refractivity contribution in [3.05, 3.63) is 41.5 Å². The molecule has 1 aromatic carbocycles. The number of hydrogen-bond acceptors (Lipinski definition) is 1. The Labute approximate surface area is 134 Å². The Kier molecular flexibility index (Phi) is 4.12. The molecule has 0 radical (unpaired) electrons. The van der Waals surface area contributed by atoms with Crippen LogP contribution in [-0.2, 0) is 10.2 Å². The van der Waals surface area contributed by atoms with Crippen molar-refractivity contribution in [2.75, 3.05) is 0 Å². The minimum absolute atomic E-state index is 0.0532. The third-order valence-corrected chi connectivity index (χ3v) is 5.27. The maximum atomic E-state index is 12.1. The standard InChI is InChI=1S/C20H27NO/c1-20(2,3)17-9-5-14(6-10-17)7-11-19(22)21-18-13-15-4-8-16(18)12-15/h5-7,9-11,15-16,18H,4,8,12-13H2,1-3H3,(H,21,22)/b11-7+/t15-,16-,18+/m0/s1. The molecule has 0 heterocycles. The molecule has 2 saturated carbocycles. The third-order valence-electron chi connectivity index (χ3n) is 5.27. The summed E-state index contributed by atoms with van der Waals surface area (Å²) >= 11 is 0. The summed E-state index contributed by atoms with van der Waals surface area (Å²) < 4.78 is 0. The maximum Gasteiger partial charge on any atom is 0.244 e. The second-order valence-corrected chi connectivity index (χ2v) is 8.00. The summed E-state index contributed by atoms with van der Waals surface area (Å²) in [4.78, 5) is 12.1. The number of carbonyl (C=O) groups is 1. The average Bonchev–Trinajstić information content (AvgIpc) is 3.07. The molecule has 1 amide bonds. The highest BCUT2D eigenvalue weighted by Crippen LogP contribution is 2.44. The Balaban J connectivity index is 1.56. The van der Waals surface area contributed by atoms with E-state index in [4.69, 9.17) is 0 Å². The van der Waals surface area contributed by atoms with Crippen LogP contribution in [-0.4, -0.2) is 11.9 Å². The van der Waals surface area contributed by atoms with Gasteiger partial charge in [-0.15, -0.1) is 0 Å². The molecule has 0 saturated heterocycles. The second kappa shape index (κ2) is 5.91. The van der Waals surface area contributed by atoms with Crippen molar-refractivity contribution in [3.63, 3.8) is 0 Å². The molecule has 2 fully saturated rings. The molecule has 2 aliphatic rings. The van der Waals surface area contributed by atoms with E-state index in [0.29, 0.717) is 6.04 Å². The first kappa shape index (κ1) is 15.3. The summed E-state index contributed by atoms with van der Waals surface area (Å²) in [6.45, 7) is 6.63. The molecule has 0 spiro atoms. The van der Waals surface area contributed by atoms with Crippen LogP contribution in [0.1, 0.15) is 57.6 Å². The summed E-state index contributed by atoms with van der Waals surface area (Å²) in [6.07, 6.45) is 8.76. The Morgan fingerprint density at radius 3 is 2.41 bits per heavy atom. The van der Waals surface area contributed by atoms with Crippen LogP contribution in [0.5, 0.6) is 0 Å². The minimum atomic E-state index is 0.0532. The molecule has 2 aliphatic carbocycles. The number of hydrogen-bond donors (Lipinski definition) is 1. The number of nitrogens with one attached hydrogen (secondary N) is 1. The van der Waals surface area contributed by atoms with E-state index < -0.39 is 0 Å². The summed E-state index contributed by atoms with van der Waals surface area (Å²) in [5, 5.41) is 3.19. The van der Waals surface area contributed by atoms with Gasteiger partial charge in [0, 0.05) is 12.1 Å². The van der Waals surface area contributed by atoms with Crippen molar-refractivity contribution in [3.8, 4) is 0 Å². The van der Waals surface area contributed by atoms with Gasteiger partial charge < -0.3 is 5.32 Å². The van der Waals surface area contributed by atoms with E-state index in [1.165, 1.54) is 31.2 Å². The van der Waals surface area contributed by atoms with Gasteiger partial charge >= 0.3 is 0 Å². The van der Waals surface area contributed by atoms with Crippen molar-refractivity contribution in [1.82, 2.24) is 5.32 Å². The zero-order valence-corrected chi connectivity index (χ0v) is 13.9. The molecule has 2 heteroatoms. The molecule has 1 N–H and O–H groups in total. The Morgan fingerprint density at radius 1 is 1.14 bits per heavy atom. The van der Waals surface area contributed by atoms with Gasteiger partial charge in [0.05, 0.1) is 0 Å². The van der Waals surface area contributed by atoms with Crippen LogP contribution in [0.2, 0.25) is 0 Å². The van der Waals surface area contributed by atoms with E-state index >= 15 is 0 Å². The number of amides is 1. The minimum Gasteiger partial charge on any atom is -0.350 e. The third kappa shape index (κ3) is 3.43. The number of carbonyl (C=O) groups excluding carboxylic acids is 1. The molecular weight excluding hydrogens is 270 g/mol. The zero-order chi connectivity index (χ0) is 15.7. The highest BCUT2D eigenvalue weighted by Gasteiger charge is 2.39. The first-order valence-corrected chi connectivity index (χ1v) is 8.51. The van der Waals surface area contributed by atoms with Crippen molar-refractivity contribution < 1.29 is 4.79 Å². The fourth-order valence-corrected chi connectivity index (χ4v) is 3.92. The fraction of sp³-hybridized carbons (Fsp3) is 0.550. The fourth-order valence-electron chi connectivity index (χ4n) is 3.92. The predicted octanol–water partition coefficient (Wildman–Crippen LogP) is 4.30. The van der Waals surface area contributed by atoms with Crippen molar-refractivity contribution >= 4 is 12.0 Å². The smallest absolute Gasteiger partial charge is 0.244 e. The van der Waals surface area contributed by atoms with Gasteiger partial charge in [-0.1, -0.05) is 51.5 Å². The van der Waals surface area contributed by atoms with Gasteiger partial charge in [0.25, 0.3) is 0 Å². The van der Waals surface area contributed by atoms with E-state index in [1.54, 1.807) is 6.08 Å². The first-order valence-electron chi connectivity index (χ1n) is 8.51. The van der Waals surface area contributed by atoms with E-state index in [9.17, 15) is 4.79 Å². The van der Waals surface area contributed by atoms with Crippen molar-refractivity contribution in [1.29, 1.82) is 0 Å². The Bertz CT molecular complexity index is 564. The summed E-state index contributed by atoms with van der Waals surface area (Å²) in [6, 6.07) is 8.88. The summed E-state index contributed by atoms with van der Waals surface area (Å²) in [5.41, 5.74) is 2.56.